The Bertz CT molecular complexity index is 4330. The Labute approximate surface area is 311 Å². The average molecular weight is 625 g/mol. The lowest BCUT2D eigenvalue weighted by Crippen LogP contribution is -1.91. The van der Waals surface area contributed by atoms with E-state index in [0.717, 1.165) is 0 Å². The third kappa shape index (κ3) is 3.97. The van der Waals surface area contributed by atoms with Crippen LogP contribution in [-0.2, 0) is 0 Å². The van der Waals surface area contributed by atoms with Crippen molar-refractivity contribution in [2.75, 3.05) is 0 Å². The SMILES string of the molecule is [2H]c1c([2H])c(-c2c3c([2H])c([2H])c([2H])c([2H])c3c(-c3c([2H])c([2H])c4oc5c([2H])c([2H])c6c([2H])c([2H])c([2H])c([2H])c6c5c4c3[2H])c3c([2H])c([2H])c([2H])c([2H])c23)c([2H])c([2H])c1-c1c([2H])c([2H])c([2H])c2c([2H])c([2H])c([2H])c([2H])c12. The zero-order valence-electron chi connectivity index (χ0n) is 51.4. The van der Waals surface area contributed by atoms with Crippen molar-refractivity contribution in [2.24, 2.45) is 0 Å². The van der Waals surface area contributed by atoms with Crippen LogP contribution in [0, 0.1) is 0 Å². The number of rotatable bonds is 3. The Morgan fingerprint density at radius 1 is 0.340 bits per heavy atom. The summed E-state index contributed by atoms with van der Waals surface area (Å²) in [5, 5.41) is -6.03. The molecule has 1 heteroatoms. The van der Waals surface area contributed by atoms with Crippen LogP contribution in [0.1, 0.15) is 38.4 Å². The maximum Gasteiger partial charge on any atom is 0.136 e. The van der Waals surface area contributed by atoms with Gasteiger partial charge in [0.25, 0.3) is 0 Å². The second-order valence-electron chi connectivity index (χ2n) is 10.3. The second kappa shape index (κ2) is 10.2. The Morgan fingerprint density at radius 2 is 0.830 bits per heavy atom. The van der Waals surface area contributed by atoms with E-state index in [9.17, 15) is 15.1 Å². The van der Waals surface area contributed by atoms with Crippen LogP contribution in [0.15, 0.2) is 174 Å². The number of hydrogen-bond donors (Lipinski definition) is 0. The van der Waals surface area contributed by atoms with E-state index in [1.165, 1.54) is 0 Å². The van der Waals surface area contributed by atoms with Crippen molar-refractivity contribution in [3.63, 3.8) is 0 Å². The summed E-state index contributed by atoms with van der Waals surface area (Å²) in [6.07, 6.45) is 0. The second-order valence-corrected chi connectivity index (χ2v) is 10.3. The van der Waals surface area contributed by atoms with Crippen LogP contribution < -0.4 is 0 Å². The zero-order valence-corrected chi connectivity index (χ0v) is 23.4. The maximum atomic E-state index is 9.88. The molecule has 1 nitrogen and oxygen atoms in total. The standard InChI is InChI=1S/C46H28O/c1-3-13-34-29(10-1)12-9-19-35(34)31-20-22-32(23-21-31)44-37-15-5-7-17-39(37)45(40-18-8-6-16-38(40)44)33-25-26-42-41(28-33)46-36-14-4-2-11-30(36)24-27-43(46)47-42/h1-28H/i1D,2D,3D,4D,5D,6D,7D,8D,9D,10D,11D,12D,13D,14D,15D,16D,17D,18D,19D,20D,21D,22D,23D,24D,25D,26D,27D,28D. The van der Waals surface area contributed by atoms with E-state index in [-0.39, 0.29) is 0 Å². The van der Waals surface area contributed by atoms with E-state index in [4.69, 9.17) is 27.7 Å². The highest BCUT2D eigenvalue weighted by Gasteiger charge is 2.18. The number of hydrogen-bond acceptors (Lipinski definition) is 1. The first kappa shape index (κ1) is 10.7. The van der Waals surface area contributed by atoms with Crippen molar-refractivity contribution in [2.45, 2.75) is 0 Å². The van der Waals surface area contributed by atoms with Gasteiger partial charge in [-0.2, -0.15) is 0 Å². The molecule has 0 spiro atoms. The van der Waals surface area contributed by atoms with Gasteiger partial charge in [0.2, 0.25) is 0 Å². The minimum atomic E-state index is -1.10. The van der Waals surface area contributed by atoms with Crippen molar-refractivity contribution >= 4 is 65.0 Å². The smallest absolute Gasteiger partial charge is 0.136 e. The fraction of sp³-hybridized carbons (Fsp3) is 0. The first-order valence-electron chi connectivity index (χ1n) is 27.9. The first-order chi connectivity index (χ1) is 35.0. The molecule has 0 bridgehead atoms. The molecule has 0 saturated heterocycles. The lowest BCUT2D eigenvalue weighted by molar-refractivity contribution is 0.669. The lowest BCUT2D eigenvalue weighted by Gasteiger charge is -2.18. The largest absolute Gasteiger partial charge is 0.456 e. The minimum absolute atomic E-state index is 0.403. The van der Waals surface area contributed by atoms with Gasteiger partial charge in [0.15, 0.2) is 0 Å². The predicted octanol–water partition coefficient (Wildman–Crippen LogP) is 13.2. The first-order valence-corrected chi connectivity index (χ1v) is 13.9. The van der Waals surface area contributed by atoms with Gasteiger partial charge in [0, 0.05) is 10.8 Å². The number of benzene rings is 9. The van der Waals surface area contributed by atoms with E-state index in [1.54, 1.807) is 0 Å². The molecule has 47 heavy (non-hydrogen) atoms. The highest BCUT2D eigenvalue weighted by Crippen LogP contribution is 2.45. The molecular weight excluding hydrogens is 569 g/mol. The molecule has 0 aliphatic carbocycles. The van der Waals surface area contributed by atoms with Crippen molar-refractivity contribution in [3.05, 3.63) is 169 Å². The molecule has 0 saturated carbocycles. The fourth-order valence-corrected chi connectivity index (χ4v) is 5.77. The van der Waals surface area contributed by atoms with Gasteiger partial charge in [-0.3, -0.25) is 0 Å². The molecule has 9 aromatic carbocycles. The summed E-state index contributed by atoms with van der Waals surface area (Å²) in [4.78, 5) is 0. The molecule has 0 radical (unpaired) electrons. The molecule has 0 fully saturated rings. The van der Waals surface area contributed by atoms with E-state index in [0.29, 0.717) is 0 Å². The van der Waals surface area contributed by atoms with Crippen molar-refractivity contribution < 1.29 is 42.8 Å². The highest BCUT2D eigenvalue weighted by molar-refractivity contribution is 6.23. The third-order valence-electron chi connectivity index (χ3n) is 7.76. The van der Waals surface area contributed by atoms with Crippen LogP contribution in [0.4, 0.5) is 0 Å². The average Bonchev–Trinajstić information content (AvgIpc) is 3.79. The minimum Gasteiger partial charge on any atom is -0.456 e. The fourth-order valence-electron chi connectivity index (χ4n) is 5.77. The highest BCUT2D eigenvalue weighted by atomic mass is 16.3. The molecule has 0 atom stereocenters. The van der Waals surface area contributed by atoms with Crippen molar-refractivity contribution in [1.29, 1.82) is 0 Å². The molecular formula is C46H28O. The summed E-state index contributed by atoms with van der Waals surface area (Å²) >= 11 is 0. The van der Waals surface area contributed by atoms with Crippen LogP contribution in [-0.4, -0.2) is 0 Å². The summed E-state index contributed by atoms with van der Waals surface area (Å²) in [5.74, 6) is 0. The monoisotopic (exact) mass is 624 g/mol. The quantitative estimate of drug-likeness (QED) is 0.178. The lowest BCUT2D eigenvalue weighted by atomic mass is 9.85. The number of furan rings is 1. The van der Waals surface area contributed by atoms with Gasteiger partial charge < -0.3 is 4.42 Å². The Morgan fingerprint density at radius 3 is 1.51 bits per heavy atom. The predicted molar refractivity (Wildman–Crippen MR) is 200 cm³/mol. The van der Waals surface area contributed by atoms with E-state index >= 15 is 0 Å². The molecule has 0 N–H and O–H groups in total. The van der Waals surface area contributed by atoms with Gasteiger partial charge in [-0.1, -0.05) is 151 Å². The summed E-state index contributed by atoms with van der Waals surface area (Å²) in [6, 6.07) is -25.7. The molecule has 0 unspecified atom stereocenters. The van der Waals surface area contributed by atoms with Gasteiger partial charge in [0.05, 0.1) is 38.4 Å². The van der Waals surface area contributed by atoms with Gasteiger partial charge >= 0.3 is 0 Å². The van der Waals surface area contributed by atoms with Crippen LogP contribution in [0.25, 0.3) is 98.4 Å². The van der Waals surface area contributed by atoms with E-state index in [2.05, 4.69) is 0 Å². The molecule has 10 rings (SSSR count). The van der Waals surface area contributed by atoms with Crippen molar-refractivity contribution in [1.82, 2.24) is 0 Å². The molecule has 10 aromatic rings. The van der Waals surface area contributed by atoms with E-state index < -0.39 is 268 Å². The summed E-state index contributed by atoms with van der Waals surface area (Å²) < 4.78 is 258. The molecule has 1 aromatic heterocycles. The summed E-state index contributed by atoms with van der Waals surface area (Å²) in [6.45, 7) is 0. The third-order valence-corrected chi connectivity index (χ3v) is 7.76. The molecule has 0 aliphatic rings. The normalized spacial score (nSPS) is 20.2. The zero-order chi connectivity index (χ0) is 55.3. The van der Waals surface area contributed by atoms with Crippen molar-refractivity contribution in [3.8, 4) is 33.4 Å². The van der Waals surface area contributed by atoms with Crippen LogP contribution in [0.3, 0.4) is 0 Å². The van der Waals surface area contributed by atoms with Crippen LogP contribution in [0.5, 0.6) is 0 Å². The van der Waals surface area contributed by atoms with Gasteiger partial charge in [-0.15, -0.1) is 0 Å². The summed E-state index contributed by atoms with van der Waals surface area (Å²) in [7, 11) is 0. The maximum absolute atomic E-state index is 9.88. The van der Waals surface area contributed by atoms with Gasteiger partial charge in [-0.05, 0) is 94.6 Å². The Kier molecular flexibility index (Phi) is 2.31. The van der Waals surface area contributed by atoms with Crippen LogP contribution in [0.2, 0.25) is 0 Å². The topological polar surface area (TPSA) is 13.1 Å². The Hall–Kier alpha value is -6.18. The molecule has 0 amide bonds. The molecule has 0 aliphatic heterocycles. The molecule has 218 valence electrons. The summed E-state index contributed by atoms with van der Waals surface area (Å²) in [5.41, 5.74) is -5.83. The Balaban J connectivity index is 1.47. The number of fused-ring (bicyclic) bond motifs is 8. The van der Waals surface area contributed by atoms with E-state index in [1.807, 2.05) is 0 Å². The van der Waals surface area contributed by atoms with Gasteiger partial charge in [0.1, 0.15) is 11.2 Å². The van der Waals surface area contributed by atoms with Crippen LogP contribution >= 0.6 is 0 Å². The van der Waals surface area contributed by atoms with Gasteiger partial charge in [-0.25, -0.2) is 0 Å². The molecule has 1 heterocycles.